The third-order valence-electron chi connectivity index (χ3n) is 2.49. The first kappa shape index (κ1) is 12.3. The summed E-state index contributed by atoms with van der Waals surface area (Å²) in [7, 11) is 0. The van der Waals surface area contributed by atoms with Gasteiger partial charge in [0.1, 0.15) is 6.42 Å². The number of alkyl halides is 3. The van der Waals surface area contributed by atoms with Crippen molar-refractivity contribution >= 4 is 5.91 Å². The Bertz CT molecular complexity index is 224. The number of rotatable bonds is 3. The second-order valence-corrected chi connectivity index (χ2v) is 3.62. The van der Waals surface area contributed by atoms with Crippen LogP contribution in [0.4, 0.5) is 13.2 Å². The highest BCUT2D eigenvalue weighted by atomic mass is 19.4. The van der Waals surface area contributed by atoms with E-state index in [0.717, 1.165) is 13.0 Å². The second-order valence-electron chi connectivity index (χ2n) is 3.62. The number of carbonyl (C=O) groups excluding carboxylic acids is 1. The first-order valence-electron chi connectivity index (χ1n) is 5.01. The summed E-state index contributed by atoms with van der Waals surface area (Å²) in [5.74, 6) is -0.821. The van der Waals surface area contributed by atoms with Gasteiger partial charge < -0.3 is 10.2 Å². The lowest BCUT2D eigenvalue weighted by molar-refractivity contribution is -0.162. The number of nitrogens with one attached hydrogen (secondary N) is 1. The van der Waals surface area contributed by atoms with E-state index >= 15 is 0 Å². The summed E-state index contributed by atoms with van der Waals surface area (Å²) in [6, 6.07) is -0.0788. The van der Waals surface area contributed by atoms with Crippen LogP contribution in [0.2, 0.25) is 0 Å². The normalized spacial score (nSPS) is 21.7. The minimum atomic E-state index is -4.41. The van der Waals surface area contributed by atoms with Crippen LogP contribution in [0.25, 0.3) is 0 Å². The smallest absolute Gasteiger partial charge is 0.338 e. The fraction of sp³-hybridized carbons (Fsp3) is 0.889. The van der Waals surface area contributed by atoms with Gasteiger partial charge in [0.05, 0.1) is 0 Å². The predicted octanol–water partition coefficient (Wildman–Crippen LogP) is 1.15. The highest BCUT2D eigenvalue weighted by Gasteiger charge is 2.35. The maximum atomic E-state index is 12.0. The molecule has 0 bridgehead atoms. The molecule has 1 N–H and O–H groups in total. The minimum Gasteiger partial charge on any atom is -0.338 e. The van der Waals surface area contributed by atoms with Gasteiger partial charge in [-0.05, 0) is 19.9 Å². The molecule has 1 atom stereocenters. The van der Waals surface area contributed by atoms with Gasteiger partial charge >= 0.3 is 6.18 Å². The maximum Gasteiger partial charge on any atom is 0.397 e. The number of likely N-dealkylation sites (N-methyl/N-ethyl adjacent to an activating group) is 1. The molecule has 1 aliphatic heterocycles. The predicted molar refractivity (Wildman–Crippen MR) is 49.3 cm³/mol. The van der Waals surface area contributed by atoms with Crippen LogP contribution in [-0.4, -0.2) is 42.7 Å². The van der Waals surface area contributed by atoms with E-state index in [9.17, 15) is 18.0 Å². The van der Waals surface area contributed by atoms with Crippen molar-refractivity contribution in [3.8, 4) is 0 Å². The first-order chi connectivity index (χ1) is 6.94. The summed E-state index contributed by atoms with van der Waals surface area (Å²) in [5.41, 5.74) is 0. The number of hydrogen-bond donors (Lipinski definition) is 1. The van der Waals surface area contributed by atoms with Crippen LogP contribution in [0.3, 0.4) is 0 Å². The Morgan fingerprint density at radius 1 is 1.53 bits per heavy atom. The standard InChI is InChI=1S/C9H15F3N2O/c1-2-14(7-3-4-13-6-7)8(15)5-9(10,11)12/h7,13H,2-6H2,1H3. The lowest BCUT2D eigenvalue weighted by Gasteiger charge is -2.27. The zero-order valence-corrected chi connectivity index (χ0v) is 8.60. The maximum absolute atomic E-state index is 12.0. The van der Waals surface area contributed by atoms with E-state index < -0.39 is 18.5 Å². The quantitative estimate of drug-likeness (QED) is 0.780. The van der Waals surface area contributed by atoms with E-state index in [1.165, 1.54) is 4.90 Å². The largest absolute Gasteiger partial charge is 0.397 e. The molecule has 0 saturated carbocycles. The molecule has 3 nitrogen and oxygen atoms in total. The fourth-order valence-electron chi connectivity index (χ4n) is 1.82. The Morgan fingerprint density at radius 2 is 2.20 bits per heavy atom. The van der Waals surface area contributed by atoms with Crippen LogP contribution < -0.4 is 5.32 Å². The lowest BCUT2D eigenvalue weighted by atomic mass is 10.2. The van der Waals surface area contributed by atoms with Gasteiger partial charge in [-0.15, -0.1) is 0 Å². The Labute approximate surface area is 86.6 Å². The lowest BCUT2D eigenvalue weighted by Crippen LogP contribution is -2.43. The molecular formula is C9H15F3N2O. The Hall–Kier alpha value is -0.780. The number of nitrogens with zero attached hydrogens (tertiary/aromatic N) is 1. The van der Waals surface area contributed by atoms with Crippen LogP contribution in [-0.2, 0) is 4.79 Å². The monoisotopic (exact) mass is 224 g/mol. The number of carbonyl (C=O) groups is 1. The van der Waals surface area contributed by atoms with Crippen LogP contribution in [0, 0.1) is 0 Å². The van der Waals surface area contributed by atoms with Crippen molar-refractivity contribution in [1.82, 2.24) is 10.2 Å². The number of hydrogen-bond acceptors (Lipinski definition) is 2. The molecule has 15 heavy (non-hydrogen) atoms. The second kappa shape index (κ2) is 4.83. The number of halogens is 3. The van der Waals surface area contributed by atoms with Crippen LogP contribution >= 0.6 is 0 Å². The summed E-state index contributed by atoms with van der Waals surface area (Å²) >= 11 is 0. The van der Waals surface area contributed by atoms with Crippen molar-refractivity contribution in [1.29, 1.82) is 0 Å². The van der Waals surface area contributed by atoms with E-state index in [0.29, 0.717) is 13.1 Å². The van der Waals surface area contributed by atoms with Crippen molar-refractivity contribution in [3.63, 3.8) is 0 Å². The van der Waals surface area contributed by atoms with Crippen molar-refractivity contribution in [2.75, 3.05) is 19.6 Å². The molecule has 88 valence electrons. The molecule has 1 fully saturated rings. The molecular weight excluding hydrogens is 209 g/mol. The highest BCUT2D eigenvalue weighted by Crippen LogP contribution is 2.22. The van der Waals surface area contributed by atoms with Gasteiger partial charge in [0.2, 0.25) is 5.91 Å². The van der Waals surface area contributed by atoms with Gasteiger partial charge in [0.15, 0.2) is 0 Å². The van der Waals surface area contributed by atoms with Crippen molar-refractivity contribution < 1.29 is 18.0 Å². The SMILES string of the molecule is CCN(C(=O)CC(F)(F)F)C1CCNC1. The molecule has 1 heterocycles. The summed E-state index contributed by atoms with van der Waals surface area (Å²) in [6.07, 6.45) is -5.02. The van der Waals surface area contributed by atoms with Crippen molar-refractivity contribution in [3.05, 3.63) is 0 Å². The van der Waals surface area contributed by atoms with Gasteiger partial charge in [0.25, 0.3) is 0 Å². The molecule has 1 amide bonds. The zero-order chi connectivity index (χ0) is 11.5. The fourth-order valence-corrected chi connectivity index (χ4v) is 1.82. The van der Waals surface area contributed by atoms with E-state index in [1.54, 1.807) is 6.92 Å². The molecule has 0 aromatic heterocycles. The molecule has 1 rings (SSSR count). The average Bonchev–Trinajstić information content (AvgIpc) is 2.54. The molecule has 6 heteroatoms. The average molecular weight is 224 g/mol. The zero-order valence-electron chi connectivity index (χ0n) is 8.60. The third kappa shape index (κ3) is 3.70. The molecule has 1 saturated heterocycles. The van der Waals surface area contributed by atoms with E-state index in [1.807, 2.05) is 0 Å². The summed E-state index contributed by atoms with van der Waals surface area (Å²) in [6.45, 7) is 3.39. The van der Waals surface area contributed by atoms with Crippen LogP contribution in [0.15, 0.2) is 0 Å². The van der Waals surface area contributed by atoms with Crippen molar-refractivity contribution in [2.45, 2.75) is 32.0 Å². The van der Waals surface area contributed by atoms with Crippen molar-refractivity contribution in [2.24, 2.45) is 0 Å². The Morgan fingerprint density at radius 3 is 2.60 bits per heavy atom. The molecule has 1 aliphatic rings. The van der Waals surface area contributed by atoms with Gasteiger partial charge in [-0.1, -0.05) is 0 Å². The van der Waals surface area contributed by atoms with Gasteiger partial charge in [-0.25, -0.2) is 0 Å². The third-order valence-corrected chi connectivity index (χ3v) is 2.49. The van der Waals surface area contributed by atoms with Crippen LogP contribution in [0.1, 0.15) is 19.8 Å². The minimum absolute atomic E-state index is 0.0788. The summed E-state index contributed by atoms with van der Waals surface area (Å²) < 4.78 is 36.1. The molecule has 0 aromatic rings. The van der Waals surface area contributed by atoms with Crippen LogP contribution in [0.5, 0.6) is 0 Å². The molecule has 1 unspecified atom stereocenters. The molecule has 0 aromatic carbocycles. The molecule has 0 spiro atoms. The van der Waals surface area contributed by atoms with Gasteiger partial charge in [0, 0.05) is 19.1 Å². The first-order valence-corrected chi connectivity index (χ1v) is 5.01. The highest BCUT2D eigenvalue weighted by molar-refractivity contribution is 5.77. The van der Waals surface area contributed by atoms with E-state index in [4.69, 9.17) is 0 Å². The van der Waals surface area contributed by atoms with Gasteiger partial charge in [-0.3, -0.25) is 4.79 Å². The summed E-state index contributed by atoms with van der Waals surface area (Å²) in [4.78, 5) is 12.7. The van der Waals surface area contributed by atoms with Gasteiger partial charge in [-0.2, -0.15) is 13.2 Å². The van der Waals surface area contributed by atoms with E-state index in [-0.39, 0.29) is 6.04 Å². The molecule has 0 radical (unpaired) electrons. The van der Waals surface area contributed by atoms with E-state index in [2.05, 4.69) is 5.32 Å². The number of amides is 1. The molecule has 0 aliphatic carbocycles. The Balaban J connectivity index is 2.53. The Kier molecular flexibility index (Phi) is 3.96. The summed E-state index contributed by atoms with van der Waals surface area (Å²) in [5, 5.41) is 3.03. The topological polar surface area (TPSA) is 32.3 Å².